The van der Waals surface area contributed by atoms with Crippen LogP contribution in [0.3, 0.4) is 0 Å². The zero-order chi connectivity index (χ0) is 11.5. The summed E-state index contributed by atoms with van der Waals surface area (Å²) in [6, 6.07) is 7.59. The maximum absolute atomic E-state index is 9.22. The maximum atomic E-state index is 9.22. The van der Waals surface area contributed by atoms with Gasteiger partial charge in [-0.05, 0) is 30.7 Å². The van der Waals surface area contributed by atoms with Crippen molar-refractivity contribution >= 4 is 28.3 Å². The Morgan fingerprint density at radius 1 is 1.38 bits per heavy atom. The molecule has 0 aliphatic heterocycles. The summed E-state index contributed by atoms with van der Waals surface area (Å²) in [5.74, 6) is 0.650. The molecule has 1 aromatic carbocycles. The summed E-state index contributed by atoms with van der Waals surface area (Å²) < 4.78 is 0. The van der Waals surface area contributed by atoms with Crippen LogP contribution in [0, 0.1) is 0 Å². The van der Waals surface area contributed by atoms with Gasteiger partial charge in [-0.1, -0.05) is 12.1 Å². The molecule has 84 valence electrons. The van der Waals surface area contributed by atoms with E-state index in [1.165, 1.54) is 0 Å². The van der Waals surface area contributed by atoms with Crippen LogP contribution in [0.5, 0.6) is 0 Å². The fraction of sp³-hybridized carbons (Fsp3) is 0.273. The molecule has 2 aromatic rings. The molecule has 2 N–H and O–H groups in total. The van der Waals surface area contributed by atoms with Crippen LogP contribution in [0.1, 0.15) is 6.92 Å². The highest BCUT2D eigenvalue weighted by atomic mass is 35.5. The number of halogens is 1. The van der Waals surface area contributed by atoms with Gasteiger partial charge in [0.25, 0.3) is 0 Å². The number of aromatic nitrogens is 2. The second-order valence-corrected chi connectivity index (χ2v) is 3.93. The SMILES string of the molecule is CC(O)CNc1nc(Cl)nc2ccccc12. The van der Waals surface area contributed by atoms with Gasteiger partial charge in [0.05, 0.1) is 11.6 Å². The number of benzene rings is 1. The molecule has 0 spiro atoms. The Hall–Kier alpha value is -1.39. The second kappa shape index (κ2) is 4.63. The van der Waals surface area contributed by atoms with Gasteiger partial charge in [0.2, 0.25) is 5.28 Å². The van der Waals surface area contributed by atoms with Crippen molar-refractivity contribution in [3.63, 3.8) is 0 Å². The highest BCUT2D eigenvalue weighted by Crippen LogP contribution is 2.21. The molecule has 1 unspecified atom stereocenters. The Kier molecular flexibility index (Phi) is 3.22. The average Bonchev–Trinajstić information content (AvgIpc) is 2.25. The van der Waals surface area contributed by atoms with E-state index in [1.54, 1.807) is 6.92 Å². The lowest BCUT2D eigenvalue weighted by atomic mass is 10.2. The van der Waals surface area contributed by atoms with Gasteiger partial charge in [-0.3, -0.25) is 0 Å². The number of rotatable bonds is 3. The van der Waals surface area contributed by atoms with Crippen LogP contribution in [0.2, 0.25) is 5.28 Å². The first kappa shape index (κ1) is 11.1. The lowest BCUT2D eigenvalue weighted by molar-refractivity contribution is 0.208. The van der Waals surface area contributed by atoms with Gasteiger partial charge < -0.3 is 10.4 Å². The summed E-state index contributed by atoms with van der Waals surface area (Å²) in [6.07, 6.45) is -0.437. The minimum atomic E-state index is -0.437. The van der Waals surface area contributed by atoms with Crippen molar-refractivity contribution in [2.45, 2.75) is 13.0 Å². The Bertz CT molecular complexity index is 502. The van der Waals surface area contributed by atoms with Gasteiger partial charge in [-0.25, -0.2) is 9.97 Å². The van der Waals surface area contributed by atoms with E-state index in [2.05, 4.69) is 15.3 Å². The molecule has 1 aromatic heterocycles. The lowest BCUT2D eigenvalue weighted by Gasteiger charge is -2.10. The number of fused-ring (bicyclic) bond motifs is 1. The molecule has 0 aliphatic carbocycles. The third-order valence-corrected chi connectivity index (χ3v) is 2.31. The molecular weight excluding hydrogens is 226 g/mol. The number of para-hydroxylation sites is 1. The minimum Gasteiger partial charge on any atom is -0.392 e. The van der Waals surface area contributed by atoms with Crippen LogP contribution in [0.15, 0.2) is 24.3 Å². The van der Waals surface area contributed by atoms with Gasteiger partial charge >= 0.3 is 0 Å². The first-order valence-corrected chi connectivity index (χ1v) is 5.39. The quantitative estimate of drug-likeness (QED) is 0.803. The highest BCUT2D eigenvalue weighted by molar-refractivity contribution is 6.28. The third kappa shape index (κ3) is 2.40. The standard InChI is InChI=1S/C11H12ClN3O/c1-7(16)6-13-10-8-4-2-3-5-9(8)14-11(12)15-10/h2-5,7,16H,6H2,1H3,(H,13,14,15). The van der Waals surface area contributed by atoms with E-state index in [0.29, 0.717) is 12.4 Å². The van der Waals surface area contributed by atoms with E-state index in [4.69, 9.17) is 11.6 Å². The number of hydrogen-bond acceptors (Lipinski definition) is 4. The largest absolute Gasteiger partial charge is 0.392 e. The lowest BCUT2D eigenvalue weighted by Crippen LogP contribution is -2.16. The van der Waals surface area contributed by atoms with E-state index in [1.807, 2.05) is 24.3 Å². The number of aliphatic hydroxyl groups is 1. The molecule has 0 saturated heterocycles. The van der Waals surface area contributed by atoms with E-state index in [-0.39, 0.29) is 5.28 Å². The molecule has 0 aliphatic rings. The van der Waals surface area contributed by atoms with Crippen LogP contribution < -0.4 is 5.32 Å². The summed E-state index contributed by atoms with van der Waals surface area (Å²) >= 11 is 5.81. The van der Waals surface area contributed by atoms with Crippen LogP contribution >= 0.6 is 11.6 Å². The van der Waals surface area contributed by atoms with E-state index in [0.717, 1.165) is 10.9 Å². The number of anilines is 1. The van der Waals surface area contributed by atoms with Gasteiger partial charge in [-0.15, -0.1) is 0 Å². The third-order valence-electron chi connectivity index (χ3n) is 2.14. The second-order valence-electron chi connectivity index (χ2n) is 3.59. The van der Waals surface area contributed by atoms with Crippen molar-refractivity contribution in [2.24, 2.45) is 0 Å². The topological polar surface area (TPSA) is 58.0 Å². The molecule has 16 heavy (non-hydrogen) atoms. The summed E-state index contributed by atoms with van der Waals surface area (Å²) in [4.78, 5) is 8.22. The van der Waals surface area contributed by atoms with Crippen molar-refractivity contribution in [1.82, 2.24) is 9.97 Å². The number of nitrogens with zero attached hydrogens (tertiary/aromatic N) is 2. The normalized spacial score (nSPS) is 12.7. The smallest absolute Gasteiger partial charge is 0.224 e. The van der Waals surface area contributed by atoms with Crippen molar-refractivity contribution in [3.8, 4) is 0 Å². The Balaban J connectivity index is 2.42. The fourth-order valence-corrected chi connectivity index (χ4v) is 1.60. The van der Waals surface area contributed by atoms with E-state index >= 15 is 0 Å². The zero-order valence-electron chi connectivity index (χ0n) is 8.81. The zero-order valence-corrected chi connectivity index (χ0v) is 9.57. The molecule has 2 rings (SSSR count). The molecule has 0 fully saturated rings. The molecule has 1 atom stereocenters. The summed E-state index contributed by atoms with van der Waals surface area (Å²) in [6.45, 7) is 2.13. The number of aliphatic hydroxyl groups excluding tert-OH is 1. The molecular formula is C11H12ClN3O. The molecule has 0 bridgehead atoms. The Labute approximate surface area is 98.3 Å². The van der Waals surface area contributed by atoms with Crippen molar-refractivity contribution in [3.05, 3.63) is 29.5 Å². The first-order chi connectivity index (χ1) is 7.66. The summed E-state index contributed by atoms with van der Waals surface area (Å²) in [5, 5.41) is 13.4. The van der Waals surface area contributed by atoms with Gasteiger partial charge in [0.1, 0.15) is 5.82 Å². The van der Waals surface area contributed by atoms with Gasteiger partial charge in [-0.2, -0.15) is 0 Å². The van der Waals surface area contributed by atoms with Crippen LogP contribution in [-0.4, -0.2) is 27.7 Å². The van der Waals surface area contributed by atoms with E-state index in [9.17, 15) is 5.11 Å². The van der Waals surface area contributed by atoms with Crippen molar-refractivity contribution < 1.29 is 5.11 Å². The first-order valence-electron chi connectivity index (χ1n) is 5.01. The fourth-order valence-electron chi connectivity index (χ4n) is 1.43. The summed E-state index contributed by atoms with van der Waals surface area (Å²) in [5.41, 5.74) is 0.788. The van der Waals surface area contributed by atoms with Crippen molar-refractivity contribution in [2.75, 3.05) is 11.9 Å². The average molecular weight is 238 g/mol. The predicted molar refractivity (Wildman–Crippen MR) is 64.7 cm³/mol. The Morgan fingerprint density at radius 3 is 2.88 bits per heavy atom. The van der Waals surface area contributed by atoms with Gasteiger partial charge in [0.15, 0.2) is 0 Å². The number of nitrogens with one attached hydrogen (secondary N) is 1. The minimum absolute atomic E-state index is 0.201. The van der Waals surface area contributed by atoms with Crippen LogP contribution in [0.25, 0.3) is 10.9 Å². The molecule has 1 heterocycles. The van der Waals surface area contributed by atoms with Crippen LogP contribution in [0.4, 0.5) is 5.82 Å². The highest BCUT2D eigenvalue weighted by Gasteiger charge is 2.06. The summed E-state index contributed by atoms with van der Waals surface area (Å²) in [7, 11) is 0. The Morgan fingerprint density at radius 2 is 2.12 bits per heavy atom. The molecule has 4 nitrogen and oxygen atoms in total. The monoisotopic (exact) mass is 237 g/mol. The van der Waals surface area contributed by atoms with Crippen LogP contribution in [-0.2, 0) is 0 Å². The predicted octanol–water partition coefficient (Wildman–Crippen LogP) is 2.08. The molecule has 5 heteroatoms. The van der Waals surface area contributed by atoms with Gasteiger partial charge in [0, 0.05) is 11.9 Å². The molecule has 0 radical (unpaired) electrons. The molecule has 0 amide bonds. The van der Waals surface area contributed by atoms with Crippen molar-refractivity contribution in [1.29, 1.82) is 0 Å². The maximum Gasteiger partial charge on any atom is 0.224 e. The van der Waals surface area contributed by atoms with E-state index < -0.39 is 6.10 Å². The number of hydrogen-bond donors (Lipinski definition) is 2. The molecule has 0 saturated carbocycles.